The van der Waals surface area contributed by atoms with E-state index in [0.29, 0.717) is 17.3 Å². The van der Waals surface area contributed by atoms with Crippen LogP contribution in [0, 0.1) is 0 Å². The van der Waals surface area contributed by atoms with E-state index in [0.717, 1.165) is 12.8 Å². The highest BCUT2D eigenvalue weighted by molar-refractivity contribution is 6.02. The average molecular weight is 191 g/mol. The number of carbonyl (C=O) groups is 1. The Bertz CT molecular complexity index is 426. The van der Waals surface area contributed by atoms with Crippen molar-refractivity contribution in [2.24, 2.45) is 0 Å². The van der Waals surface area contributed by atoms with Crippen LogP contribution >= 0.6 is 0 Å². The van der Waals surface area contributed by atoms with Gasteiger partial charge in [-0.25, -0.2) is 4.98 Å². The fraction of sp³-hybridized carbons (Fsp3) is 0.333. The van der Waals surface area contributed by atoms with Gasteiger partial charge < -0.3 is 15.8 Å². The number of anilines is 2. The standard InChI is InChI=1S/C9H9N3O2/c10-7-3-5-6(4-11-7)14-9(1-2-9)8(13)12-5/h3-4H,1-2H2,(H2,10,11)(H,12,13). The molecule has 2 aliphatic rings. The van der Waals surface area contributed by atoms with Gasteiger partial charge in [0.05, 0.1) is 11.9 Å². The molecule has 0 atom stereocenters. The van der Waals surface area contributed by atoms with E-state index in [1.54, 1.807) is 12.3 Å². The topological polar surface area (TPSA) is 77.2 Å². The van der Waals surface area contributed by atoms with Crippen LogP contribution in [0.3, 0.4) is 0 Å². The van der Waals surface area contributed by atoms with Crippen LogP contribution in [0.15, 0.2) is 12.3 Å². The van der Waals surface area contributed by atoms with Crippen LogP contribution in [0.2, 0.25) is 0 Å². The van der Waals surface area contributed by atoms with Gasteiger partial charge >= 0.3 is 0 Å². The Kier molecular flexibility index (Phi) is 1.18. The number of nitrogens with zero attached hydrogens (tertiary/aromatic N) is 1. The fourth-order valence-corrected chi connectivity index (χ4v) is 1.57. The number of nitrogens with two attached hydrogens (primary N) is 1. The van der Waals surface area contributed by atoms with Crippen LogP contribution in [-0.4, -0.2) is 16.5 Å². The first-order valence-corrected chi connectivity index (χ1v) is 4.46. The summed E-state index contributed by atoms with van der Waals surface area (Å²) in [6, 6.07) is 1.60. The summed E-state index contributed by atoms with van der Waals surface area (Å²) >= 11 is 0. The zero-order chi connectivity index (χ0) is 9.76. The van der Waals surface area contributed by atoms with E-state index >= 15 is 0 Å². The molecule has 5 nitrogen and oxygen atoms in total. The minimum atomic E-state index is -0.606. The molecule has 0 bridgehead atoms. The first kappa shape index (κ1) is 7.61. The number of rotatable bonds is 0. The maximum atomic E-state index is 11.6. The molecule has 1 aliphatic carbocycles. The molecule has 0 aromatic carbocycles. The third-order valence-electron chi connectivity index (χ3n) is 2.56. The molecule has 5 heteroatoms. The molecule has 72 valence electrons. The van der Waals surface area contributed by atoms with Gasteiger partial charge in [-0.2, -0.15) is 0 Å². The lowest BCUT2D eigenvalue weighted by molar-refractivity contribution is -0.125. The molecule has 1 spiro atoms. The third kappa shape index (κ3) is 0.891. The molecule has 0 saturated heterocycles. The van der Waals surface area contributed by atoms with Gasteiger partial charge in [0.25, 0.3) is 5.91 Å². The van der Waals surface area contributed by atoms with Crippen molar-refractivity contribution in [1.29, 1.82) is 0 Å². The number of carbonyl (C=O) groups excluding carboxylic acids is 1. The Morgan fingerprint density at radius 3 is 3.07 bits per heavy atom. The molecule has 0 unspecified atom stereocenters. The maximum Gasteiger partial charge on any atom is 0.268 e. The van der Waals surface area contributed by atoms with E-state index in [-0.39, 0.29) is 5.91 Å². The summed E-state index contributed by atoms with van der Waals surface area (Å²) in [7, 11) is 0. The van der Waals surface area contributed by atoms with Crippen LogP contribution in [-0.2, 0) is 4.79 Å². The molecular weight excluding hydrogens is 182 g/mol. The molecule has 1 fully saturated rings. The molecule has 1 aromatic heterocycles. The zero-order valence-corrected chi connectivity index (χ0v) is 7.41. The van der Waals surface area contributed by atoms with Gasteiger partial charge in [0.1, 0.15) is 5.82 Å². The number of nitrogen functional groups attached to an aromatic ring is 1. The first-order chi connectivity index (χ1) is 6.70. The lowest BCUT2D eigenvalue weighted by atomic mass is 10.2. The number of hydrogen-bond acceptors (Lipinski definition) is 4. The van der Waals surface area contributed by atoms with Crippen molar-refractivity contribution in [2.45, 2.75) is 18.4 Å². The lowest BCUT2D eigenvalue weighted by Crippen LogP contribution is -2.39. The molecule has 1 saturated carbocycles. The van der Waals surface area contributed by atoms with Crippen molar-refractivity contribution < 1.29 is 9.53 Å². The average Bonchev–Trinajstić information content (AvgIpc) is 2.89. The normalized spacial score (nSPS) is 21.0. The van der Waals surface area contributed by atoms with Crippen LogP contribution in [0.1, 0.15) is 12.8 Å². The predicted octanol–water partition coefficient (Wildman–Crippen LogP) is 0.527. The Labute approximate surface area is 80.3 Å². The zero-order valence-electron chi connectivity index (χ0n) is 7.41. The van der Waals surface area contributed by atoms with Crippen LogP contribution in [0.25, 0.3) is 0 Å². The van der Waals surface area contributed by atoms with Crippen LogP contribution in [0.4, 0.5) is 11.5 Å². The smallest absolute Gasteiger partial charge is 0.268 e. The number of amides is 1. The molecular formula is C9H9N3O2. The molecule has 1 amide bonds. The van der Waals surface area contributed by atoms with Crippen LogP contribution in [0.5, 0.6) is 5.75 Å². The van der Waals surface area contributed by atoms with Crippen molar-refractivity contribution >= 4 is 17.4 Å². The number of nitrogens with one attached hydrogen (secondary N) is 1. The van der Waals surface area contributed by atoms with E-state index in [9.17, 15) is 4.79 Å². The summed E-state index contributed by atoms with van der Waals surface area (Å²) in [6.45, 7) is 0. The summed E-state index contributed by atoms with van der Waals surface area (Å²) < 4.78 is 5.57. The number of aromatic nitrogens is 1. The summed E-state index contributed by atoms with van der Waals surface area (Å²) in [6.07, 6.45) is 3.11. The number of hydrogen-bond donors (Lipinski definition) is 2. The summed E-state index contributed by atoms with van der Waals surface area (Å²) in [5, 5.41) is 2.77. The second kappa shape index (κ2) is 2.17. The van der Waals surface area contributed by atoms with E-state index in [2.05, 4.69) is 10.3 Å². The fourth-order valence-electron chi connectivity index (χ4n) is 1.57. The van der Waals surface area contributed by atoms with Gasteiger partial charge in [-0.1, -0.05) is 0 Å². The SMILES string of the molecule is Nc1cc2c(cn1)OC1(CC1)C(=O)N2. The summed E-state index contributed by atoms with van der Waals surface area (Å²) in [4.78, 5) is 15.5. The lowest BCUT2D eigenvalue weighted by Gasteiger charge is -2.25. The second-order valence-electron chi connectivity index (χ2n) is 3.66. The van der Waals surface area contributed by atoms with E-state index in [1.165, 1.54) is 0 Å². The quantitative estimate of drug-likeness (QED) is 0.627. The largest absolute Gasteiger partial charge is 0.474 e. The second-order valence-corrected chi connectivity index (χ2v) is 3.66. The predicted molar refractivity (Wildman–Crippen MR) is 49.9 cm³/mol. The van der Waals surface area contributed by atoms with E-state index < -0.39 is 5.60 Å². The van der Waals surface area contributed by atoms with E-state index in [4.69, 9.17) is 10.5 Å². The summed E-state index contributed by atoms with van der Waals surface area (Å²) in [5.74, 6) is 0.909. The first-order valence-electron chi connectivity index (χ1n) is 4.46. The third-order valence-corrected chi connectivity index (χ3v) is 2.56. The number of fused-ring (bicyclic) bond motifs is 1. The Balaban J connectivity index is 2.06. The van der Waals surface area contributed by atoms with Gasteiger partial charge in [0.2, 0.25) is 0 Å². The highest BCUT2D eigenvalue weighted by atomic mass is 16.5. The Hall–Kier alpha value is -1.78. The molecule has 0 radical (unpaired) electrons. The molecule has 14 heavy (non-hydrogen) atoms. The van der Waals surface area contributed by atoms with Crippen molar-refractivity contribution in [1.82, 2.24) is 4.98 Å². The monoisotopic (exact) mass is 191 g/mol. The van der Waals surface area contributed by atoms with Gasteiger partial charge in [-0.15, -0.1) is 0 Å². The molecule has 3 N–H and O–H groups in total. The minimum absolute atomic E-state index is 0.0735. The number of pyridine rings is 1. The van der Waals surface area contributed by atoms with Crippen molar-refractivity contribution in [3.8, 4) is 5.75 Å². The van der Waals surface area contributed by atoms with Gasteiger partial charge in [-0.05, 0) is 0 Å². The number of ether oxygens (including phenoxy) is 1. The van der Waals surface area contributed by atoms with Crippen molar-refractivity contribution in [3.05, 3.63) is 12.3 Å². The Morgan fingerprint density at radius 1 is 1.57 bits per heavy atom. The maximum absolute atomic E-state index is 11.6. The Morgan fingerprint density at radius 2 is 2.36 bits per heavy atom. The van der Waals surface area contributed by atoms with Gasteiger partial charge in [0, 0.05) is 18.9 Å². The van der Waals surface area contributed by atoms with Crippen LogP contribution < -0.4 is 15.8 Å². The van der Waals surface area contributed by atoms with Gasteiger partial charge in [0.15, 0.2) is 11.4 Å². The minimum Gasteiger partial charge on any atom is -0.474 e. The van der Waals surface area contributed by atoms with Crippen molar-refractivity contribution in [2.75, 3.05) is 11.1 Å². The van der Waals surface area contributed by atoms with E-state index in [1.807, 2.05) is 0 Å². The molecule has 3 rings (SSSR count). The highest BCUT2D eigenvalue weighted by Gasteiger charge is 2.55. The molecule has 2 heterocycles. The highest BCUT2D eigenvalue weighted by Crippen LogP contribution is 2.46. The summed E-state index contributed by atoms with van der Waals surface area (Å²) in [5.41, 5.74) is 5.50. The van der Waals surface area contributed by atoms with Crippen molar-refractivity contribution in [3.63, 3.8) is 0 Å². The molecule has 1 aromatic rings. The van der Waals surface area contributed by atoms with Gasteiger partial charge in [-0.3, -0.25) is 4.79 Å². The molecule has 1 aliphatic heterocycles.